The molecule has 0 aromatic heterocycles. The largest absolute Gasteiger partial charge is 0.337 e. The van der Waals surface area contributed by atoms with Crippen molar-refractivity contribution in [2.75, 3.05) is 39.0 Å². The summed E-state index contributed by atoms with van der Waals surface area (Å²) in [7, 11) is -3.17. The highest BCUT2D eigenvalue weighted by molar-refractivity contribution is 7.88. The molecule has 1 saturated heterocycles. The Morgan fingerprint density at radius 1 is 1.18 bits per heavy atom. The molecule has 1 heterocycles. The smallest absolute Gasteiger partial charge is 0.235 e. The van der Waals surface area contributed by atoms with E-state index in [1.165, 1.54) is 10.6 Å². The van der Waals surface area contributed by atoms with Gasteiger partial charge in [0, 0.05) is 19.6 Å². The van der Waals surface area contributed by atoms with E-state index >= 15 is 0 Å². The summed E-state index contributed by atoms with van der Waals surface area (Å²) in [5, 5.41) is 12.2. The van der Waals surface area contributed by atoms with E-state index in [1.807, 2.05) is 4.90 Å². The monoisotopic (exact) mass is 328 g/mol. The van der Waals surface area contributed by atoms with Crippen molar-refractivity contribution >= 4 is 15.9 Å². The van der Waals surface area contributed by atoms with Gasteiger partial charge in [0.05, 0.1) is 18.9 Å². The van der Waals surface area contributed by atoms with E-state index < -0.39 is 15.6 Å². The first kappa shape index (κ1) is 17.2. The fraction of sp³-hybridized carbons (Fsp3) is 0.857. The second kappa shape index (κ2) is 6.94. The van der Waals surface area contributed by atoms with Crippen molar-refractivity contribution in [3.63, 3.8) is 0 Å². The fourth-order valence-corrected chi connectivity index (χ4v) is 4.06. The third kappa shape index (κ3) is 4.41. The van der Waals surface area contributed by atoms with Crippen LogP contribution in [0, 0.1) is 11.3 Å². The Morgan fingerprint density at radius 3 is 2.45 bits per heavy atom. The Balaban J connectivity index is 1.86. The summed E-state index contributed by atoms with van der Waals surface area (Å²) < 4.78 is 24.6. The molecule has 0 spiro atoms. The maximum Gasteiger partial charge on any atom is 0.235 e. The Kier molecular flexibility index (Phi) is 5.42. The van der Waals surface area contributed by atoms with E-state index in [-0.39, 0.29) is 12.5 Å². The van der Waals surface area contributed by atoms with Crippen molar-refractivity contribution in [1.82, 2.24) is 14.5 Å². The molecule has 2 fully saturated rings. The molecule has 0 aromatic rings. The summed E-state index contributed by atoms with van der Waals surface area (Å²) in [6.07, 6.45) is 5.31. The topological polar surface area (TPSA) is 93.5 Å². The van der Waals surface area contributed by atoms with E-state index in [9.17, 15) is 18.5 Å². The van der Waals surface area contributed by atoms with E-state index in [4.69, 9.17) is 0 Å². The van der Waals surface area contributed by atoms with Gasteiger partial charge < -0.3 is 5.32 Å². The Bertz CT molecular complexity index is 549. The predicted octanol–water partition coefficient (Wildman–Crippen LogP) is -0.0937. The lowest BCUT2D eigenvalue weighted by Crippen LogP contribution is -2.49. The van der Waals surface area contributed by atoms with Crippen LogP contribution in [0.4, 0.5) is 0 Å². The molecule has 8 heteroatoms. The average molecular weight is 328 g/mol. The van der Waals surface area contributed by atoms with Crippen molar-refractivity contribution in [3.05, 3.63) is 0 Å². The van der Waals surface area contributed by atoms with Crippen LogP contribution >= 0.6 is 0 Å². The predicted molar refractivity (Wildman–Crippen MR) is 82.4 cm³/mol. The van der Waals surface area contributed by atoms with Crippen LogP contribution in [0.15, 0.2) is 0 Å². The average Bonchev–Trinajstić information content (AvgIpc) is 2.76. The lowest BCUT2D eigenvalue weighted by molar-refractivity contribution is -0.123. The highest BCUT2D eigenvalue weighted by Crippen LogP contribution is 2.28. The first-order valence-corrected chi connectivity index (χ1v) is 9.59. The van der Waals surface area contributed by atoms with Crippen LogP contribution in [0.1, 0.15) is 32.1 Å². The van der Waals surface area contributed by atoms with Gasteiger partial charge in [0.15, 0.2) is 0 Å². The summed E-state index contributed by atoms with van der Waals surface area (Å²) in [6, 6.07) is 2.25. The summed E-state index contributed by atoms with van der Waals surface area (Å²) >= 11 is 0. The maximum atomic E-state index is 12.2. The second-order valence-corrected chi connectivity index (χ2v) is 8.22. The van der Waals surface area contributed by atoms with E-state index in [2.05, 4.69) is 11.4 Å². The van der Waals surface area contributed by atoms with Crippen LogP contribution in [0.2, 0.25) is 0 Å². The van der Waals surface area contributed by atoms with Crippen molar-refractivity contribution < 1.29 is 13.2 Å². The molecule has 1 saturated carbocycles. The van der Waals surface area contributed by atoms with Crippen LogP contribution in [0.3, 0.4) is 0 Å². The number of hydrogen-bond donors (Lipinski definition) is 1. The van der Waals surface area contributed by atoms with Crippen molar-refractivity contribution in [2.24, 2.45) is 0 Å². The van der Waals surface area contributed by atoms with Crippen LogP contribution in [-0.4, -0.2) is 68.0 Å². The molecule has 124 valence electrons. The van der Waals surface area contributed by atoms with E-state index in [0.717, 1.165) is 25.7 Å². The molecule has 0 unspecified atom stereocenters. The maximum absolute atomic E-state index is 12.2. The van der Waals surface area contributed by atoms with Gasteiger partial charge >= 0.3 is 0 Å². The van der Waals surface area contributed by atoms with Gasteiger partial charge in [-0.3, -0.25) is 9.69 Å². The number of nitrogens with zero attached hydrogens (tertiary/aromatic N) is 3. The first-order chi connectivity index (χ1) is 10.3. The molecule has 1 aliphatic carbocycles. The molecular formula is C14H24N4O3S. The molecule has 0 atom stereocenters. The molecule has 1 aliphatic heterocycles. The fourth-order valence-electron chi connectivity index (χ4n) is 3.19. The number of carbonyl (C=O) groups is 1. The Hall–Kier alpha value is -1.17. The number of sulfonamides is 1. The molecule has 1 amide bonds. The molecule has 1 N–H and O–H groups in total. The summed E-state index contributed by atoms with van der Waals surface area (Å²) in [5.74, 6) is -0.142. The third-order valence-electron chi connectivity index (χ3n) is 4.43. The van der Waals surface area contributed by atoms with Gasteiger partial charge in [0.25, 0.3) is 0 Å². The molecular weight excluding hydrogens is 304 g/mol. The summed E-state index contributed by atoms with van der Waals surface area (Å²) in [5.41, 5.74) is -0.693. The minimum Gasteiger partial charge on any atom is -0.337 e. The SMILES string of the molecule is CS(=O)(=O)N1CCCN(CC(=O)NC2(C#N)CCCC2)CC1. The minimum atomic E-state index is -3.17. The standard InChI is InChI=1S/C14H24N4O3S/c1-22(20,21)18-8-4-7-17(9-10-18)11-13(19)16-14(12-15)5-2-3-6-14/h2-11H2,1H3,(H,16,19). The molecule has 0 aromatic carbocycles. The van der Waals surface area contributed by atoms with Crippen LogP contribution < -0.4 is 5.32 Å². The van der Waals surface area contributed by atoms with Gasteiger partial charge in [-0.25, -0.2) is 12.7 Å². The first-order valence-electron chi connectivity index (χ1n) is 7.74. The van der Waals surface area contributed by atoms with Gasteiger partial charge in [0.1, 0.15) is 5.54 Å². The van der Waals surface area contributed by atoms with Gasteiger partial charge in [-0.2, -0.15) is 5.26 Å². The normalized spacial score (nSPS) is 23.6. The molecule has 22 heavy (non-hydrogen) atoms. The lowest BCUT2D eigenvalue weighted by Gasteiger charge is -2.25. The number of hydrogen-bond acceptors (Lipinski definition) is 5. The highest BCUT2D eigenvalue weighted by atomic mass is 32.2. The summed E-state index contributed by atoms with van der Waals surface area (Å²) in [4.78, 5) is 14.1. The van der Waals surface area contributed by atoms with E-state index in [0.29, 0.717) is 32.6 Å². The van der Waals surface area contributed by atoms with Gasteiger partial charge in [-0.15, -0.1) is 0 Å². The number of nitrogens with one attached hydrogen (secondary N) is 1. The third-order valence-corrected chi connectivity index (χ3v) is 5.74. The summed E-state index contributed by atoms with van der Waals surface area (Å²) in [6.45, 7) is 2.37. The number of carbonyl (C=O) groups excluding carboxylic acids is 1. The quantitative estimate of drug-likeness (QED) is 0.778. The Morgan fingerprint density at radius 2 is 1.86 bits per heavy atom. The molecule has 2 rings (SSSR count). The zero-order chi connectivity index (χ0) is 16.2. The van der Waals surface area contributed by atoms with Gasteiger partial charge in [0.2, 0.25) is 15.9 Å². The molecule has 0 bridgehead atoms. The zero-order valence-corrected chi connectivity index (χ0v) is 13.9. The number of rotatable bonds is 4. The molecule has 7 nitrogen and oxygen atoms in total. The zero-order valence-electron chi connectivity index (χ0n) is 13.0. The van der Waals surface area contributed by atoms with Gasteiger partial charge in [-0.1, -0.05) is 0 Å². The molecule has 2 aliphatic rings. The Labute approximate surface area is 132 Å². The lowest BCUT2D eigenvalue weighted by atomic mass is 10.00. The van der Waals surface area contributed by atoms with Crippen LogP contribution in [0.5, 0.6) is 0 Å². The van der Waals surface area contributed by atoms with Crippen LogP contribution in [0.25, 0.3) is 0 Å². The van der Waals surface area contributed by atoms with E-state index in [1.54, 1.807) is 0 Å². The van der Waals surface area contributed by atoms with Gasteiger partial charge in [-0.05, 0) is 38.6 Å². The van der Waals surface area contributed by atoms with Crippen LogP contribution in [-0.2, 0) is 14.8 Å². The number of amides is 1. The van der Waals surface area contributed by atoms with Crippen molar-refractivity contribution in [3.8, 4) is 6.07 Å². The molecule has 0 radical (unpaired) electrons. The van der Waals surface area contributed by atoms with Crippen molar-refractivity contribution in [1.29, 1.82) is 5.26 Å². The minimum absolute atomic E-state index is 0.142. The second-order valence-electron chi connectivity index (χ2n) is 6.24. The number of nitriles is 1. The highest BCUT2D eigenvalue weighted by Gasteiger charge is 2.35. The van der Waals surface area contributed by atoms with Crippen molar-refractivity contribution in [2.45, 2.75) is 37.6 Å².